The van der Waals surface area contributed by atoms with Crippen LogP contribution in [0.4, 0.5) is 5.82 Å². The Morgan fingerprint density at radius 3 is 2.58 bits per heavy atom. The molecule has 2 heterocycles. The van der Waals surface area contributed by atoms with Crippen molar-refractivity contribution in [3.8, 4) is 22.8 Å². The lowest BCUT2D eigenvalue weighted by molar-refractivity contribution is 0.0735. The third-order valence-electron chi connectivity index (χ3n) is 6.12. The highest BCUT2D eigenvalue weighted by Gasteiger charge is 2.20. The maximum absolute atomic E-state index is 12.6. The number of hydrogen-bond donors (Lipinski definition) is 1. The minimum Gasteiger partial charge on any atom is -0.497 e. The summed E-state index contributed by atoms with van der Waals surface area (Å²) < 4.78 is 12.9. The van der Waals surface area contributed by atoms with Gasteiger partial charge in [-0.3, -0.25) is 4.40 Å². The van der Waals surface area contributed by atoms with E-state index in [1.165, 1.54) is 32.1 Å². The van der Waals surface area contributed by atoms with E-state index in [2.05, 4.69) is 9.72 Å². The molecule has 0 radical (unpaired) electrons. The zero-order valence-corrected chi connectivity index (χ0v) is 18.7. The Hall–Kier alpha value is -3.80. The number of esters is 1. The number of pyridine rings is 1. The predicted octanol–water partition coefficient (Wildman–Crippen LogP) is 5.97. The largest absolute Gasteiger partial charge is 0.497 e. The number of benzene rings is 2. The summed E-state index contributed by atoms with van der Waals surface area (Å²) in [6.07, 6.45) is 8.17. The molecule has 6 nitrogen and oxygen atoms in total. The summed E-state index contributed by atoms with van der Waals surface area (Å²) in [5.41, 5.74) is 3.10. The minimum absolute atomic E-state index is 0.412. The number of aromatic nitrogens is 2. The summed E-state index contributed by atoms with van der Waals surface area (Å²) in [6.45, 7) is 0. The number of nitrogens with one attached hydrogen (secondary N) is 1. The van der Waals surface area contributed by atoms with Gasteiger partial charge in [0.25, 0.3) is 0 Å². The maximum atomic E-state index is 12.6. The van der Waals surface area contributed by atoms with Crippen molar-refractivity contribution in [2.75, 3.05) is 12.4 Å². The lowest BCUT2D eigenvalue weighted by atomic mass is 9.95. The van der Waals surface area contributed by atoms with Crippen LogP contribution in [0.5, 0.6) is 11.5 Å². The lowest BCUT2D eigenvalue weighted by Crippen LogP contribution is -2.23. The van der Waals surface area contributed by atoms with Gasteiger partial charge in [0.2, 0.25) is 0 Å². The van der Waals surface area contributed by atoms with E-state index in [1.54, 1.807) is 37.4 Å². The van der Waals surface area contributed by atoms with Crippen LogP contribution in [0.25, 0.3) is 16.9 Å². The summed E-state index contributed by atoms with van der Waals surface area (Å²) in [4.78, 5) is 17.5. The van der Waals surface area contributed by atoms with Crippen LogP contribution in [0, 0.1) is 0 Å². The van der Waals surface area contributed by atoms with E-state index < -0.39 is 5.97 Å². The topological polar surface area (TPSA) is 64.9 Å². The van der Waals surface area contributed by atoms with Gasteiger partial charge in [-0.05, 0) is 61.4 Å². The molecule has 2 aromatic carbocycles. The minimum atomic E-state index is -0.412. The quantitative estimate of drug-likeness (QED) is 0.295. The monoisotopic (exact) mass is 441 g/mol. The molecule has 1 fully saturated rings. The molecule has 0 saturated heterocycles. The van der Waals surface area contributed by atoms with Gasteiger partial charge in [0.05, 0.1) is 12.7 Å². The molecule has 1 N–H and O–H groups in total. The molecule has 1 aliphatic carbocycles. The Bertz CT molecular complexity index is 1260. The number of carbonyl (C=O) groups excluding carboxylic acids is 1. The number of imidazole rings is 1. The fraction of sp³-hybridized carbons (Fsp3) is 0.259. The van der Waals surface area contributed by atoms with Crippen molar-refractivity contribution in [2.24, 2.45) is 0 Å². The molecular weight excluding hydrogens is 414 g/mol. The molecule has 33 heavy (non-hydrogen) atoms. The molecule has 0 bridgehead atoms. The molecule has 0 atom stereocenters. The van der Waals surface area contributed by atoms with Crippen molar-refractivity contribution in [3.05, 3.63) is 78.5 Å². The van der Waals surface area contributed by atoms with Crippen LogP contribution in [-0.4, -0.2) is 28.5 Å². The average Bonchev–Trinajstić information content (AvgIpc) is 3.23. The number of anilines is 1. The second-order valence-corrected chi connectivity index (χ2v) is 8.36. The summed E-state index contributed by atoms with van der Waals surface area (Å²) in [7, 11) is 1.59. The Labute approximate surface area is 193 Å². The smallest absolute Gasteiger partial charge is 0.343 e. The number of rotatable bonds is 6. The zero-order valence-electron chi connectivity index (χ0n) is 18.7. The Balaban J connectivity index is 1.44. The highest BCUT2D eigenvalue weighted by Crippen LogP contribution is 2.33. The van der Waals surface area contributed by atoms with Gasteiger partial charge in [0.15, 0.2) is 0 Å². The zero-order chi connectivity index (χ0) is 22.6. The van der Waals surface area contributed by atoms with Gasteiger partial charge in [-0.1, -0.05) is 37.5 Å². The van der Waals surface area contributed by atoms with Crippen molar-refractivity contribution in [2.45, 2.75) is 38.1 Å². The number of nitrogens with zero attached hydrogens (tertiary/aromatic N) is 2. The third kappa shape index (κ3) is 4.55. The first-order chi connectivity index (χ1) is 16.2. The lowest BCUT2D eigenvalue weighted by Gasteiger charge is -2.24. The van der Waals surface area contributed by atoms with Gasteiger partial charge in [-0.2, -0.15) is 0 Å². The van der Waals surface area contributed by atoms with Crippen LogP contribution in [0.15, 0.2) is 72.9 Å². The third-order valence-corrected chi connectivity index (χ3v) is 6.12. The fourth-order valence-electron chi connectivity index (χ4n) is 4.38. The Morgan fingerprint density at radius 1 is 0.970 bits per heavy atom. The summed E-state index contributed by atoms with van der Waals surface area (Å²) in [6, 6.07) is 20.9. The van der Waals surface area contributed by atoms with E-state index in [-0.39, 0.29) is 0 Å². The highest BCUT2D eigenvalue weighted by molar-refractivity contribution is 5.91. The van der Waals surface area contributed by atoms with Crippen molar-refractivity contribution < 1.29 is 14.3 Å². The van der Waals surface area contributed by atoms with E-state index >= 15 is 0 Å². The van der Waals surface area contributed by atoms with E-state index in [0.29, 0.717) is 23.1 Å². The van der Waals surface area contributed by atoms with E-state index in [0.717, 1.165) is 22.7 Å². The molecule has 0 unspecified atom stereocenters. The van der Waals surface area contributed by atoms with Gasteiger partial charge in [0.1, 0.15) is 28.7 Å². The Morgan fingerprint density at radius 2 is 1.79 bits per heavy atom. The van der Waals surface area contributed by atoms with Crippen LogP contribution in [0.3, 0.4) is 0 Å². The van der Waals surface area contributed by atoms with Gasteiger partial charge in [-0.15, -0.1) is 0 Å². The standard InChI is InChI=1S/C27H27N3O3/c1-32-22-15-13-19(14-16-22)27(31)33-23-11-7-8-20(18-23)25-26(28-21-9-3-2-4-10-21)30-17-6-5-12-24(30)29-25/h5-8,11-18,21,28H,2-4,9-10H2,1H3. The fourth-order valence-corrected chi connectivity index (χ4v) is 4.38. The van der Waals surface area contributed by atoms with Crippen LogP contribution in [-0.2, 0) is 0 Å². The second-order valence-electron chi connectivity index (χ2n) is 8.36. The number of fused-ring (bicyclic) bond motifs is 1. The molecule has 5 rings (SSSR count). The molecule has 0 amide bonds. The molecule has 0 spiro atoms. The van der Waals surface area contributed by atoms with Crippen molar-refractivity contribution in [3.63, 3.8) is 0 Å². The van der Waals surface area contributed by atoms with Crippen LogP contribution >= 0.6 is 0 Å². The van der Waals surface area contributed by atoms with Crippen molar-refractivity contribution >= 4 is 17.4 Å². The van der Waals surface area contributed by atoms with E-state index in [9.17, 15) is 4.79 Å². The predicted molar refractivity (Wildman–Crippen MR) is 129 cm³/mol. The Kier molecular flexibility index (Phi) is 5.98. The number of carbonyl (C=O) groups is 1. The first-order valence-electron chi connectivity index (χ1n) is 11.4. The molecule has 2 aromatic heterocycles. The van der Waals surface area contributed by atoms with Crippen LogP contribution in [0.1, 0.15) is 42.5 Å². The SMILES string of the molecule is COc1ccc(C(=O)Oc2cccc(-c3nc4ccccn4c3NC3CCCCC3)c2)cc1. The number of hydrogen-bond acceptors (Lipinski definition) is 5. The second kappa shape index (κ2) is 9.36. The van der Waals surface area contributed by atoms with Gasteiger partial charge >= 0.3 is 5.97 Å². The normalized spacial score (nSPS) is 14.2. The summed E-state index contributed by atoms with van der Waals surface area (Å²) >= 11 is 0. The van der Waals surface area contributed by atoms with Crippen molar-refractivity contribution in [1.82, 2.24) is 9.38 Å². The molecule has 1 aliphatic rings. The van der Waals surface area contributed by atoms with E-state index in [1.807, 2.05) is 42.6 Å². The first kappa shape index (κ1) is 21.1. The number of methoxy groups -OCH3 is 1. The maximum Gasteiger partial charge on any atom is 0.343 e. The highest BCUT2D eigenvalue weighted by atomic mass is 16.5. The summed E-state index contributed by atoms with van der Waals surface area (Å²) in [5, 5.41) is 3.75. The molecule has 1 saturated carbocycles. The van der Waals surface area contributed by atoms with Gasteiger partial charge < -0.3 is 14.8 Å². The van der Waals surface area contributed by atoms with Crippen LogP contribution < -0.4 is 14.8 Å². The molecule has 4 aromatic rings. The van der Waals surface area contributed by atoms with Gasteiger partial charge in [-0.25, -0.2) is 9.78 Å². The molecule has 6 heteroatoms. The average molecular weight is 442 g/mol. The molecule has 168 valence electrons. The van der Waals surface area contributed by atoms with Crippen molar-refractivity contribution in [1.29, 1.82) is 0 Å². The first-order valence-corrected chi connectivity index (χ1v) is 11.4. The number of ether oxygens (including phenoxy) is 2. The summed E-state index contributed by atoms with van der Waals surface area (Å²) in [5.74, 6) is 1.74. The van der Waals surface area contributed by atoms with Gasteiger partial charge in [0, 0.05) is 17.8 Å². The van der Waals surface area contributed by atoms with Crippen LogP contribution in [0.2, 0.25) is 0 Å². The molecular formula is C27H27N3O3. The van der Waals surface area contributed by atoms with E-state index in [4.69, 9.17) is 14.5 Å². The molecule has 0 aliphatic heterocycles.